The second kappa shape index (κ2) is 4.41. The van der Waals surface area contributed by atoms with Gasteiger partial charge in [-0.15, -0.1) is 0 Å². The summed E-state index contributed by atoms with van der Waals surface area (Å²) in [5.41, 5.74) is 5.53. The van der Waals surface area contributed by atoms with Crippen molar-refractivity contribution in [2.75, 3.05) is 0 Å². The monoisotopic (exact) mass is 270 g/mol. The average molecular weight is 270 g/mol. The van der Waals surface area contributed by atoms with Gasteiger partial charge >= 0.3 is 0 Å². The van der Waals surface area contributed by atoms with Crippen LogP contribution in [0, 0.1) is 12.3 Å². The molecule has 3 rings (SSSR count). The maximum atomic E-state index is 10.5. The summed E-state index contributed by atoms with van der Waals surface area (Å²) in [6.07, 6.45) is 6.25. The number of allylic oxidation sites excluding steroid dienone is 3. The van der Waals surface area contributed by atoms with E-state index in [1.54, 1.807) is 0 Å². The molecule has 0 amide bonds. The second-order valence-electron chi connectivity index (χ2n) is 6.76. The third-order valence-electron chi connectivity index (χ3n) is 4.77. The Morgan fingerprint density at radius 3 is 2.65 bits per heavy atom. The lowest BCUT2D eigenvalue weighted by Gasteiger charge is -2.33. The first-order chi connectivity index (χ1) is 9.38. The molecule has 0 heterocycles. The van der Waals surface area contributed by atoms with Gasteiger partial charge in [0, 0.05) is 5.56 Å². The number of aryl methyl sites for hydroxylation is 1. The van der Waals surface area contributed by atoms with Gasteiger partial charge in [0.15, 0.2) is 0 Å². The number of rotatable bonds is 0. The molecule has 0 aliphatic heterocycles. The summed E-state index contributed by atoms with van der Waals surface area (Å²) in [6.45, 7) is 6.37. The van der Waals surface area contributed by atoms with Crippen LogP contribution in [0.25, 0.3) is 5.76 Å². The Labute approximate surface area is 120 Å². The molecule has 1 aromatic rings. The smallest absolute Gasteiger partial charge is 0.123 e. The van der Waals surface area contributed by atoms with Gasteiger partial charge in [-0.1, -0.05) is 19.4 Å². The molecule has 0 fully saturated rings. The fourth-order valence-electron chi connectivity index (χ4n) is 3.54. The van der Waals surface area contributed by atoms with E-state index >= 15 is 0 Å². The van der Waals surface area contributed by atoms with Crippen molar-refractivity contribution in [2.45, 2.75) is 46.5 Å². The highest BCUT2D eigenvalue weighted by Gasteiger charge is 2.31. The van der Waals surface area contributed by atoms with Gasteiger partial charge < -0.3 is 10.2 Å². The summed E-state index contributed by atoms with van der Waals surface area (Å²) >= 11 is 0. The topological polar surface area (TPSA) is 40.5 Å². The van der Waals surface area contributed by atoms with Gasteiger partial charge in [0.25, 0.3) is 0 Å². The zero-order valence-electron chi connectivity index (χ0n) is 12.5. The Kier molecular flexibility index (Phi) is 2.93. The summed E-state index contributed by atoms with van der Waals surface area (Å²) in [4.78, 5) is 0. The molecule has 0 aromatic heterocycles. The summed E-state index contributed by atoms with van der Waals surface area (Å²) in [5.74, 6) is 0.652. The molecule has 0 saturated carbocycles. The van der Waals surface area contributed by atoms with Crippen molar-refractivity contribution in [1.82, 2.24) is 0 Å². The number of fused-ring (bicyclic) bond motifs is 1. The number of aliphatic hydroxyl groups excluding tert-OH is 1. The van der Waals surface area contributed by atoms with Gasteiger partial charge in [-0.05, 0) is 72.9 Å². The van der Waals surface area contributed by atoms with Crippen LogP contribution in [0.2, 0.25) is 0 Å². The van der Waals surface area contributed by atoms with E-state index in [-0.39, 0.29) is 5.41 Å². The minimum absolute atomic E-state index is 0.126. The molecule has 2 nitrogen and oxygen atoms in total. The first-order valence-corrected chi connectivity index (χ1v) is 7.34. The van der Waals surface area contributed by atoms with Crippen LogP contribution in [0.5, 0.6) is 5.75 Å². The van der Waals surface area contributed by atoms with E-state index in [0.29, 0.717) is 11.5 Å². The summed E-state index contributed by atoms with van der Waals surface area (Å²) in [5, 5.41) is 20.4. The van der Waals surface area contributed by atoms with Crippen molar-refractivity contribution in [2.24, 2.45) is 5.41 Å². The number of hydrogen-bond donors (Lipinski definition) is 2. The largest absolute Gasteiger partial charge is 0.508 e. The van der Waals surface area contributed by atoms with E-state index in [1.165, 1.54) is 17.6 Å². The summed E-state index contributed by atoms with van der Waals surface area (Å²) in [6, 6.07) is 3.70. The molecule has 2 heteroatoms. The molecule has 0 bridgehead atoms. The molecule has 2 aliphatic rings. The number of benzene rings is 1. The van der Waals surface area contributed by atoms with E-state index < -0.39 is 0 Å². The predicted octanol–water partition coefficient (Wildman–Crippen LogP) is 4.66. The molecule has 20 heavy (non-hydrogen) atoms. The van der Waals surface area contributed by atoms with E-state index in [4.69, 9.17) is 0 Å². The van der Waals surface area contributed by atoms with E-state index in [0.717, 1.165) is 36.0 Å². The third kappa shape index (κ3) is 2.04. The first-order valence-electron chi connectivity index (χ1n) is 7.34. The standard InChI is InChI=1S/C18H22O2/c1-11-7-14-13(9-16(11)19)8-12-5-4-6-18(2,3)15(12)10-17(14)20/h7,9-10,19-20H,4-6,8H2,1-3H3. The Bertz CT molecular complexity index is 633. The highest BCUT2D eigenvalue weighted by molar-refractivity contribution is 5.69. The lowest BCUT2D eigenvalue weighted by molar-refractivity contribution is 0.373. The predicted molar refractivity (Wildman–Crippen MR) is 81.8 cm³/mol. The molecule has 1 aromatic carbocycles. The molecular weight excluding hydrogens is 248 g/mol. The lowest BCUT2D eigenvalue weighted by Crippen LogP contribution is -2.20. The fraction of sp³-hybridized carbons (Fsp3) is 0.444. The summed E-state index contributed by atoms with van der Waals surface area (Å²) in [7, 11) is 0. The van der Waals surface area contributed by atoms with Crippen molar-refractivity contribution in [3.05, 3.63) is 46.0 Å². The van der Waals surface area contributed by atoms with Crippen LogP contribution in [0.3, 0.4) is 0 Å². The third-order valence-corrected chi connectivity index (χ3v) is 4.77. The Morgan fingerprint density at radius 1 is 1.15 bits per heavy atom. The molecule has 0 atom stereocenters. The molecule has 2 aliphatic carbocycles. The molecule has 0 unspecified atom stereocenters. The number of hydrogen-bond acceptors (Lipinski definition) is 2. The van der Waals surface area contributed by atoms with Crippen LogP contribution in [-0.4, -0.2) is 10.2 Å². The van der Waals surface area contributed by atoms with Crippen molar-refractivity contribution in [3.63, 3.8) is 0 Å². The number of aromatic hydroxyl groups is 1. The van der Waals surface area contributed by atoms with Crippen LogP contribution in [0.15, 0.2) is 29.4 Å². The van der Waals surface area contributed by atoms with Crippen molar-refractivity contribution < 1.29 is 10.2 Å². The van der Waals surface area contributed by atoms with Crippen LogP contribution in [-0.2, 0) is 6.42 Å². The number of phenolic OH excluding ortho intramolecular Hbond substituents is 1. The van der Waals surface area contributed by atoms with E-state index in [2.05, 4.69) is 13.8 Å². The molecule has 2 N–H and O–H groups in total. The second-order valence-corrected chi connectivity index (χ2v) is 6.76. The van der Waals surface area contributed by atoms with Crippen LogP contribution < -0.4 is 0 Å². The van der Waals surface area contributed by atoms with Gasteiger partial charge in [0.1, 0.15) is 11.5 Å². The van der Waals surface area contributed by atoms with Gasteiger partial charge in [-0.25, -0.2) is 0 Å². The van der Waals surface area contributed by atoms with Crippen molar-refractivity contribution in [1.29, 1.82) is 0 Å². The maximum Gasteiger partial charge on any atom is 0.123 e. The van der Waals surface area contributed by atoms with Gasteiger partial charge in [-0.3, -0.25) is 0 Å². The lowest BCUT2D eigenvalue weighted by atomic mass is 9.72. The van der Waals surface area contributed by atoms with E-state index in [9.17, 15) is 10.2 Å². The molecule has 0 saturated heterocycles. The average Bonchev–Trinajstić information content (AvgIpc) is 2.49. The Morgan fingerprint density at radius 2 is 1.90 bits per heavy atom. The van der Waals surface area contributed by atoms with Crippen molar-refractivity contribution >= 4 is 5.76 Å². The minimum atomic E-state index is 0.126. The zero-order valence-corrected chi connectivity index (χ0v) is 12.5. The minimum Gasteiger partial charge on any atom is -0.508 e. The summed E-state index contributed by atoms with van der Waals surface area (Å²) < 4.78 is 0. The zero-order chi connectivity index (χ0) is 14.5. The number of aliphatic hydroxyl groups is 1. The molecule has 0 radical (unpaired) electrons. The fourth-order valence-corrected chi connectivity index (χ4v) is 3.54. The highest BCUT2D eigenvalue weighted by atomic mass is 16.3. The molecule has 106 valence electrons. The molecular formula is C18H22O2. The van der Waals surface area contributed by atoms with Crippen LogP contribution >= 0.6 is 0 Å². The first kappa shape index (κ1) is 13.3. The Hall–Kier alpha value is -1.70. The highest BCUT2D eigenvalue weighted by Crippen LogP contribution is 2.45. The van der Waals surface area contributed by atoms with Gasteiger partial charge in [-0.2, -0.15) is 0 Å². The van der Waals surface area contributed by atoms with E-state index in [1.807, 2.05) is 25.1 Å². The normalized spacial score (nSPS) is 20.9. The quantitative estimate of drug-likeness (QED) is 0.719. The van der Waals surface area contributed by atoms with Crippen LogP contribution in [0.4, 0.5) is 0 Å². The Balaban J connectivity index is 2.19. The van der Waals surface area contributed by atoms with Gasteiger partial charge in [0.2, 0.25) is 0 Å². The molecule has 0 spiro atoms. The van der Waals surface area contributed by atoms with Crippen LogP contribution in [0.1, 0.15) is 49.8 Å². The SMILES string of the molecule is Cc1cc2c(cc1O)CC1=C(C=C2O)C(C)(C)CCC1. The van der Waals surface area contributed by atoms with Crippen molar-refractivity contribution in [3.8, 4) is 5.75 Å². The number of phenols is 1. The maximum absolute atomic E-state index is 10.5. The van der Waals surface area contributed by atoms with Gasteiger partial charge in [0.05, 0.1) is 0 Å².